The fourth-order valence-corrected chi connectivity index (χ4v) is 2.78. The highest BCUT2D eigenvalue weighted by molar-refractivity contribution is 6.07. The third kappa shape index (κ3) is 5.39. The van der Waals surface area contributed by atoms with Gasteiger partial charge in [0.25, 0.3) is 11.8 Å². The Labute approximate surface area is 174 Å². The molecule has 0 atom stereocenters. The standard InChI is InChI=1S/C22H23N5O3/c1-30-12-2-9-25-21(28)16-5-3-15(4-6-16)17-13-19(20(23)26-14-17)22(29)27-18-7-10-24-11-8-18/h3-8,10-11,13-14H,2,9,12H2,1H3,(H2,23,26)(H,25,28)(H,24,27,29). The summed E-state index contributed by atoms with van der Waals surface area (Å²) < 4.78 is 4.96. The number of benzene rings is 1. The van der Waals surface area contributed by atoms with E-state index < -0.39 is 0 Å². The zero-order valence-electron chi connectivity index (χ0n) is 16.6. The van der Waals surface area contributed by atoms with Crippen LogP contribution in [-0.4, -0.2) is 42.0 Å². The van der Waals surface area contributed by atoms with Gasteiger partial charge in [-0.1, -0.05) is 12.1 Å². The molecule has 3 rings (SSSR count). The minimum absolute atomic E-state index is 0.136. The first-order valence-corrected chi connectivity index (χ1v) is 9.43. The molecule has 30 heavy (non-hydrogen) atoms. The number of anilines is 2. The minimum Gasteiger partial charge on any atom is -0.385 e. The van der Waals surface area contributed by atoms with Crippen molar-refractivity contribution in [1.29, 1.82) is 0 Å². The van der Waals surface area contributed by atoms with Crippen molar-refractivity contribution in [3.63, 3.8) is 0 Å². The number of nitrogens with two attached hydrogens (primary N) is 1. The molecule has 0 aliphatic rings. The summed E-state index contributed by atoms with van der Waals surface area (Å²) in [5.41, 5.74) is 8.87. The molecule has 0 aliphatic heterocycles. The Bertz CT molecular complexity index is 1010. The maximum atomic E-state index is 12.6. The first-order valence-electron chi connectivity index (χ1n) is 9.43. The molecule has 1 aromatic carbocycles. The summed E-state index contributed by atoms with van der Waals surface area (Å²) in [6.07, 6.45) is 5.52. The summed E-state index contributed by atoms with van der Waals surface area (Å²) in [6, 6.07) is 12.1. The molecule has 0 aliphatic carbocycles. The largest absolute Gasteiger partial charge is 0.385 e. The third-order valence-electron chi connectivity index (χ3n) is 4.39. The van der Waals surface area contributed by atoms with E-state index in [1.807, 2.05) is 12.1 Å². The van der Waals surface area contributed by atoms with Crippen LogP contribution in [0.5, 0.6) is 0 Å². The number of carbonyl (C=O) groups excluding carboxylic acids is 2. The molecule has 0 unspecified atom stereocenters. The van der Waals surface area contributed by atoms with Crippen LogP contribution in [0.1, 0.15) is 27.1 Å². The predicted molar refractivity (Wildman–Crippen MR) is 115 cm³/mol. The van der Waals surface area contributed by atoms with E-state index in [0.29, 0.717) is 24.4 Å². The zero-order chi connectivity index (χ0) is 21.3. The minimum atomic E-state index is -0.361. The van der Waals surface area contributed by atoms with E-state index >= 15 is 0 Å². The van der Waals surface area contributed by atoms with Gasteiger partial charge in [0, 0.05) is 55.7 Å². The summed E-state index contributed by atoms with van der Waals surface area (Å²) in [7, 11) is 1.63. The van der Waals surface area contributed by atoms with Crippen LogP contribution in [0.25, 0.3) is 11.1 Å². The first kappa shape index (κ1) is 20.9. The fourth-order valence-electron chi connectivity index (χ4n) is 2.78. The van der Waals surface area contributed by atoms with Crippen LogP contribution in [0.15, 0.2) is 61.1 Å². The lowest BCUT2D eigenvalue weighted by Crippen LogP contribution is -2.25. The smallest absolute Gasteiger partial charge is 0.259 e. The average molecular weight is 405 g/mol. The molecule has 0 saturated heterocycles. The van der Waals surface area contributed by atoms with Crippen LogP contribution in [0.4, 0.5) is 11.5 Å². The summed E-state index contributed by atoms with van der Waals surface area (Å²) in [5.74, 6) is -0.372. The highest BCUT2D eigenvalue weighted by Crippen LogP contribution is 2.23. The molecule has 2 amide bonds. The molecular formula is C22H23N5O3. The van der Waals surface area contributed by atoms with Crippen molar-refractivity contribution < 1.29 is 14.3 Å². The molecule has 0 radical (unpaired) electrons. The van der Waals surface area contributed by atoms with E-state index in [1.165, 1.54) is 0 Å². The van der Waals surface area contributed by atoms with E-state index in [4.69, 9.17) is 10.5 Å². The number of hydrogen-bond donors (Lipinski definition) is 3. The van der Waals surface area contributed by atoms with E-state index in [-0.39, 0.29) is 23.2 Å². The van der Waals surface area contributed by atoms with Gasteiger partial charge in [0.05, 0.1) is 5.56 Å². The van der Waals surface area contributed by atoms with Crippen molar-refractivity contribution in [3.8, 4) is 11.1 Å². The van der Waals surface area contributed by atoms with Crippen molar-refractivity contribution >= 4 is 23.3 Å². The molecule has 154 valence electrons. The molecular weight excluding hydrogens is 382 g/mol. The summed E-state index contributed by atoms with van der Waals surface area (Å²) in [6.45, 7) is 1.15. The molecule has 3 aromatic rings. The Hall–Kier alpha value is -3.78. The van der Waals surface area contributed by atoms with E-state index in [2.05, 4.69) is 20.6 Å². The Kier molecular flexibility index (Phi) is 7.07. The maximum absolute atomic E-state index is 12.6. The van der Waals surface area contributed by atoms with Crippen LogP contribution >= 0.6 is 0 Å². The van der Waals surface area contributed by atoms with Gasteiger partial charge < -0.3 is 21.1 Å². The number of nitrogens with zero attached hydrogens (tertiary/aromatic N) is 2. The molecule has 4 N–H and O–H groups in total. The van der Waals surface area contributed by atoms with Gasteiger partial charge in [0.1, 0.15) is 5.82 Å². The second-order valence-corrected chi connectivity index (χ2v) is 6.53. The topological polar surface area (TPSA) is 119 Å². The normalized spacial score (nSPS) is 10.4. The van der Waals surface area contributed by atoms with Crippen molar-refractivity contribution in [2.45, 2.75) is 6.42 Å². The maximum Gasteiger partial charge on any atom is 0.259 e. The van der Waals surface area contributed by atoms with E-state index in [1.54, 1.807) is 56.0 Å². The van der Waals surface area contributed by atoms with Gasteiger partial charge in [-0.15, -0.1) is 0 Å². The Morgan fingerprint density at radius 3 is 2.47 bits per heavy atom. The Morgan fingerprint density at radius 1 is 1.03 bits per heavy atom. The monoisotopic (exact) mass is 405 g/mol. The van der Waals surface area contributed by atoms with Crippen LogP contribution in [0, 0.1) is 0 Å². The molecule has 0 spiro atoms. The van der Waals surface area contributed by atoms with Gasteiger partial charge in [-0.3, -0.25) is 14.6 Å². The lowest BCUT2D eigenvalue weighted by Gasteiger charge is -2.10. The Balaban J connectivity index is 1.72. The van der Waals surface area contributed by atoms with Gasteiger partial charge in [0.15, 0.2) is 0 Å². The number of nitrogens with one attached hydrogen (secondary N) is 2. The van der Waals surface area contributed by atoms with Gasteiger partial charge in [0.2, 0.25) is 0 Å². The average Bonchev–Trinajstić information content (AvgIpc) is 2.77. The molecule has 8 nitrogen and oxygen atoms in total. The number of carbonyl (C=O) groups is 2. The molecule has 0 fully saturated rings. The number of pyridine rings is 2. The summed E-state index contributed by atoms with van der Waals surface area (Å²) >= 11 is 0. The summed E-state index contributed by atoms with van der Waals surface area (Å²) in [5, 5.41) is 5.61. The number of amides is 2. The molecule has 0 bridgehead atoms. The lowest BCUT2D eigenvalue weighted by molar-refractivity contribution is 0.0947. The quantitative estimate of drug-likeness (QED) is 0.496. The van der Waals surface area contributed by atoms with E-state index in [0.717, 1.165) is 17.5 Å². The number of hydrogen-bond acceptors (Lipinski definition) is 6. The molecule has 2 heterocycles. The second kappa shape index (κ2) is 10.1. The Morgan fingerprint density at radius 2 is 1.77 bits per heavy atom. The van der Waals surface area contributed by atoms with Gasteiger partial charge >= 0.3 is 0 Å². The van der Waals surface area contributed by atoms with Gasteiger partial charge in [-0.05, 0) is 42.3 Å². The predicted octanol–water partition coefficient (Wildman–Crippen LogP) is 2.74. The number of ether oxygens (including phenoxy) is 1. The SMILES string of the molecule is COCCCNC(=O)c1ccc(-c2cnc(N)c(C(=O)Nc3ccncc3)c2)cc1. The van der Waals surface area contributed by atoms with Crippen molar-refractivity contribution in [1.82, 2.24) is 15.3 Å². The van der Waals surface area contributed by atoms with Gasteiger partial charge in [-0.2, -0.15) is 0 Å². The highest BCUT2D eigenvalue weighted by Gasteiger charge is 2.13. The van der Waals surface area contributed by atoms with Gasteiger partial charge in [-0.25, -0.2) is 4.98 Å². The third-order valence-corrected chi connectivity index (χ3v) is 4.39. The number of rotatable bonds is 8. The zero-order valence-corrected chi connectivity index (χ0v) is 16.6. The molecule has 0 saturated carbocycles. The lowest BCUT2D eigenvalue weighted by atomic mass is 10.0. The summed E-state index contributed by atoms with van der Waals surface area (Å²) in [4.78, 5) is 32.8. The van der Waals surface area contributed by atoms with Crippen LogP contribution in [-0.2, 0) is 4.74 Å². The van der Waals surface area contributed by atoms with Crippen LogP contribution in [0.3, 0.4) is 0 Å². The number of aromatic nitrogens is 2. The first-order chi connectivity index (χ1) is 14.6. The molecule has 2 aromatic heterocycles. The fraction of sp³-hybridized carbons (Fsp3) is 0.182. The number of nitrogen functional groups attached to an aromatic ring is 1. The highest BCUT2D eigenvalue weighted by atomic mass is 16.5. The number of methoxy groups -OCH3 is 1. The van der Waals surface area contributed by atoms with Crippen molar-refractivity contribution in [2.75, 3.05) is 31.3 Å². The van der Waals surface area contributed by atoms with Crippen molar-refractivity contribution in [3.05, 3.63) is 72.2 Å². The van der Waals surface area contributed by atoms with Crippen LogP contribution in [0.2, 0.25) is 0 Å². The second-order valence-electron chi connectivity index (χ2n) is 6.53. The van der Waals surface area contributed by atoms with Crippen LogP contribution < -0.4 is 16.4 Å². The molecule has 8 heteroatoms. The van der Waals surface area contributed by atoms with Crippen molar-refractivity contribution in [2.24, 2.45) is 0 Å². The van der Waals surface area contributed by atoms with E-state index in [9.17, 15) is 9.59 Å².